The third-order valence-corrected chi connectivity index (χ3v) is 2.46. The summed E-state index contributed by atoms with van der Waals surface area (Å²) in [7, 11) is 0. The molecule has 2 heterocycles. The lowest BCUT2D eigenvalue weighted by Crippen LogP contribution is -1.93. The van der Waals surface area contributed by atoms with Crippen LogP contribution in [0.25, 0.3) is 0 Å². The van der Waals surface area contributed by atoms with Crippen LogP contribution in [0, 0.1) is 10.1 Å². The van der Waals surface area contributed by atoms with E-state index in [4.69, 9.17) is 27.6 Å². The van der Waals surface area contributed by atoms with E-state index in [-0.39, 0.29) is 11.6 Å². The second-order valence-corrected chi connectivity index (χ2v) is 4.13. The van der Waals surface area contributed by atoms with E-state index in [1.54, 1.807) is 0 Å². The highest BCUT2D eigenvalue weighted by Crippen LogP contribution is 2.22. The van der Waals surface area contributed by atoms with Gasteiger partial charge in [-0.15, -0.1) is 0 Å². The van der Waals surface area contributed by atoms with E-state index < -0.39 is 4.92 Å². The Morgan fingerprint density at radius 2 is 2.26 bits per heavy atom. The molecule has 2 aromatic rings. The van der Waals surface area contributed by atoms with Crippen molar-refractivity contribution in [3.05, 3.63) is 50.3 Å². The second kappa shape index (κ2) is 5.68. The van der Waals surface area contributed by atoms with Gasteiger partial charge in [0.2, 0.25) is 0 Å². The van der Waals surface area contributed by atoms with Gasteiger partial charge in [0.05, 0.1) is 22.3 Å². The highest BCUT2D eigenvalue weighted by atomic mass is 35.5. The lowest BCUT2D eigenvalue weighted by atomic mass is 10.4. The van der Waals surface area contributed by atoms with Crippen molar-refractivity contribution in [1.29, 1.82) is 0 Å². The summed E-state index contributed by atoms with van der Waals surface area (Å²) in [5, 5.41) is 14.9. The number of nitrogens with one attached hydrogen (secondary N) is 1. The maximum Gasteiger partial charge on any atom is 0.433 e. The van der Waals surface area contributed by atoms with E-state index >= 15 is 0 Å². The normalized spacial score (nSPS) is 10.8. The quantitative estimate of drug-likeness (QED) is 0.531. The minimum atomic E-state index is -0.637. The lowest BCUT2D eigenvalue weighted by molar-refractivity contribution is -0.402. The monoisotopic (exact) mass is 300 g/mol. The van der Waals surface area contributed by atoms with Gasteiger partial charge in [-0.2, -0.15) is 5.10 Å². The van der Waals surface area contributed by atoms with Gasteiger partial charge in [-0.25, -0.2) is 4.98 Å². The number of hydrogen-bond acceptors (Lipinski definition) is 6. The molecule has 0 atom stereocenters. The Labute approximate surface area is 117 Å². The predicted molar refractivity (Wildman–Crippen MR) is 70.8 cm³/mol. The molecule has 9 heteroatoms. The molecule has 0 spiro atoms. The number of hydrazone groups is 1. The molecule has 98 valence electrons. The summed E-state index contributed by atoms with van der Waals surface area (Å²) in [6, 6.07) is 4.15. The third kappa shape index (κ3) is 3.43. The number of anilines is 1. The molecule has 2 aromatic heterocycles. The number of nitro groups is 1. The van der Waals surface area contributed by atoms with Crippen LogP contribution in [0.3, 0.4) is 0 Å². The van der Waals surface area contributed by atoms with E-state index in [9.17, 15) is 10.1 Å². The zero-order valence-electron chi connectivity index (χ0n) is 9.21. The molecular weight excluding hydrogens is 295 g/mol. The highest BCUT2D eigenvalue weighted by Gasteiger charge is 2.10. The lowest BCUT2D eigenvalue weighted by Gasteiger charge is -2.01. The molecule has 0 aliphatic rings. The molecule has 0 aliphatic carbocycles. The van der Waals surface area contributed by atoms with Gasteiger partial charge >= 0.3 is 5.88 Å². The van der Waals surface area contributed by atoms with Crippen LogP contribution in [0.2, 0.25) is 10.0 Å². The number of aromatic nitrogens is 1. The average molecular weight is 301 g/mol. The van der Waals surface area contributed by atoms with Crippen molar-refractivity contribution < 1.29 is 9.34 Å². The van der Waals surface area contributed by atoms with E-state index in [0.717, 1.165) is 0 Å². The number of rotatable bonds is 4. The van der Waals surface area contributed by atoms with Crippen molar-refractivity contribution in [2.24, 2.45) is 5.10 Å². The van der Waals surface area contributed by atoms with Gasteiger partial charge in [-0.1, -0.05) is 23.2 Å². The molecule has 2 rings (SSSR count). The van der Waals surface area contributed by atoms with Gasteiger partial charge in [-0.3, -0.25) is 15.5 Å². The molecule has 0 radical (unpaired) electrons. The molecule has 19 heavy (non-hydrogen) atoms. The summed E-state index contributed by atoms with van der Waals surface area (Å²) >= 11 is 11.5. The average Bonchev–Trinajstić information content (AvgIpc) is 2.81. The van der Waals surface area contributed by atoms with Crippen molar-refractivity contribution in [3.8, 4) is 0 Å². The molecule has 7 nitrogen and oxygen atoms in total. The summed E-state index contributed by atoms with van der Waals surface area (Å²) < 4.78 is 4.87. The van der Waals surface area contributed by atoms with Gasteiger partial charge < -0.3 is 4.42 Å². The standard InChI is InChI=1S/C10H6Cl2N4O3/c11-6-3-8(12)10(13-4-6)15-14-5-7-1-2-9(19-7)16(17)18/h1-5H,(H,13,15)/b14-5-. The van der Waals surface area contributed by atoms with Gasteiger partial charge in [-0.05, 0) is 12.1 Å². The van der Waals surface area contributed by atoms with E-state index in [2.05, 4.69) is 15.5 Å². The maximum atomic E-state index is 10.4. The van der Waals surface area contributed by atoms with Crippen molar-refractivity contribution in [1.82, 2.24) is 4.98 Å². The summed E-state index contributed by atoms with van der Waals surface area (Å²) in [5.41, 5.74) is 2.57. The number of halogens is 2. The first-order valence-corrected chi connectivity index (χ1v) is 5.66. The van der Waals surface area contributed by atoms with Crippen molar-refractivity contribution in [3.63, 3.8) is 0 Å². The first kappa shape index (κ1) is 13.3. The van der Waals surface area contributed by atoms with E-state index in [1.165, 1.54) is 30.6 Å². The third-order valence-electron chi connectivity index (χ3n) is 1.96. The molecule has 0 fully saturated rings. The maximum absolute atomic E-state index is 10.4. The van der Waals surface area contributed by atoms with Crippen molar-refractivity contribution in [2.45, 2.75) is 0 Å². The Hall–Kier alpha value is -2.12. The zero-order valence-corrected chi connectivity index (χ0v) is 10.7. The highest BCUT2D eigenvalue weighted by molar-refractivity contribution is 6.35. The smallest absolute Gasteiger partial charge is 0.400 e. The van der Waals surface area contributed by atoms with Crippen LogP contribution < -0.4 is 5.43 Å². The first-order valence-electron chi connectivity index (χ1n) is 4.90. The van der Waals surface area contributed by atoms with Crippen LogP contribution in [0.1, 0.15) is 5.76 Å². The van der Waals surface area contributed by atoms with E-state index in [0.29, 0.717) is 15.9 Å². The predicted octanol–water partition coefficient (Wildman–Crippen LogP) is 3.34. The number of furan rings is 1. The zero-order chi connectivity index (χ0) is 13.8. The summed E-state index contributed by atoms with van der Waals surface area (Å²) in [6.07, 6.45) is 2.67. The minimum absolute atomic E-state index is 0.226. The fourth-order valence-corrected chi connectivity index (χ4v) is 1.59. The SMILES string of the molecule is O=[N+]([O-])c1ccc(/C=N\Nc2ncc(Cl)cc2Cl)o1. The molecule has 0 saturated carbocycles. The van der Waals surface area contributed by atoms with Crippen LogP contribution in [-0.4, -0.2) is 16.1 Å². The number of nitrogens with zero attached hydrogens (tertiary/aromatic N) is 3. The van der Waals surface area contributed by atoms with Gasteiger partial charge in [0.1, 0.15) is 4.92 Å². The van der Waals surface area contributed by atoms with Crippen LogP contribution >= 0.6 is 23.2 Å². The van der Waals surface area contributed by atoms with Gasteiger partial charge in [0.25, 0.3) is 0 Å². The number of pyridine rings is 1. The Kier molecular flexibility index (Phi) is 3.98. The largest absolute Gasteiger partial charge is 0.433 e. The van der Waals surface area contributed by atoms with Gasteiger partial charge in [0.15, 0.2) is 11.6 Å². The first-order chi connectivity index (χ1) is 9.06. The summed E-state index contributed by atoms with van der Waals surface area (Å²) in [5.74, 6) is 0.178. The summed E-state index contributed by atoms with van der Waals surface area (Å²) in [4.78, 5) is 13.7. The summed E-state index contributed by atoms with van der Waals surface area (Å²) in [6.45, 7) is 0. The molecule has 1 N–H and O–H groups in total. The Morgan fingerprint density at radius 3 is 2.89 bits per heavy atom. The van der Waals surface area contributed by atoms with Crippen LogP contribution in [0.4, 0.5) is 11.7 Å². The van der Waals surface area contributed by atoms with Crippen LogP contribution in [-0.2, 0) is 0 Å². The Balaban J connectivity index is 2.04. The Morgan fingerprint density at radius 1 is 1.47 bits per heavy atom. The van der Waals surface area contributed by atoms with Crippen molar-refractivity contribution in [2.75, 3.05) is 5.43 Å². The molecular formula is C10H6Cl2N4O3. The molecule has 0 bridgehead atoms. The second-order valence-electron chi connectivity index (χ2n) is 3.29. The molecule has 0 unspecified atom stereocenters. The van der Waals surface area contributed by atoms with E-state index in [1.807, 2.05) is 0 Å². The fourth-order valence-electron chi connectivity index (χ4n) is 1.16. The molecule has 0 aromatic carbocycles. The van der Waals surface area contributed by atoms with Crippen LogP contribution in [0.5, 0.6) is 0 Å². The molecule has 0 aliphatic heterocycles. The Bertz CT molecular complexity index is 641. The number of hydrogen-bond donors (Lipinski definition) is 1. The minimum Gasteiger partial charge on any atom is -0.400 e. The topological polar surface area (TPSA) is 93.6 Å². The van der Waals surface area contributed by atoms with Gasteiger partial charge in [0, 0.05) is 6.20 Å². The fraction of sp³-hybridized carbons (Fsp3) is 0. The molecule has 0 amide bonds. The molecule has 0 saturated heterocycles. The van der Waals surface area contributed by atoms with Crippen molar-refractivity contribution >= 4 is 41.1 Å². The van der Waals surface area contributed by atoms with Crippen LogP contribution in [0.15, 0.2) is 33.9 Å².